The second kappa shape index (κ2) is 4.79. The summed E-state index contributed by atoms with van der Waals surface area (Å²) in [6, 6.07) is 0. The van der Waals surface area contributed by atoms with E-state index in [1.807, 2.05) is 20.8 Å². The zero-order valence-corrected chi connectivity index (χ0v) is 10.1. The van der Waals surface area contributed by atoms with Crippen molar-refractivity contribution in [1.29, 1.82) is 0 Å². The van der Waals surface area contributed by atoms with Gasteiger partial charge in [-0.05, 0) is 40.5 Å². The van der Waals surface area contributed by atoms with E-state index in [9.17, 15) is 4.79 Å². The Kier molecular flexibility index (Phi) is 3.91. The molecule has 3 nitrogen and oxygen atoms in total. The van der Waals surface area contributed by atoms with E-state index in [0.717, 1.165) is 37.2 Å². The molecule has 1 amide bonds. The molecule has 1 aliphatic heterocycles. The molecule has 3 heteroatoms. The van der Waals surface area contributed by atoms with Crippen LogP contribution in [0.4, 0.5) is 0 Å². The third-order valence-electron chi connectivity index (χ3n) is 3.10. The van der Waals surface area contributed by atoms with E-state index in [2.05, 4.69) is 12.2 Å². The van der Waals surface area contributed by atoms with Crippen molar-refractivity contribution in [3.05, 3.63) is 11.1 Å². The molecule has 1 aliphatic rings. The maximum absolute atomic E-state index is 11.8. The minimum absolute atomic E-state index is 0.0550. The van der Waals surface area contributed by atoms with E-state index in [4.69, 9.17) is 4.74 Å². The first-order chi connectivity index (χ1) is 6.94. The monoisotopic (exact) mass is 211 g/mol. The van der Waals surface area contributed by atoms with Gasteiger partial charge in [0.1, 0.15) is 0 Å². The van der Waals surface area contributed by atoms with Crippen LogP contribution < -0.4 is 5.32 Å². The van der Waals surface area contributed by atoms with Crippen molar-refractivity contribution in [3.63, 3.8) is 0 Å². The minimum Gasteiger partial charge on any atom is -0.381 e. The van der Waals surface area contributed by atoms with Crippen LogP contribution in [0.25, 0.3) is 0 Å². The zero-order valence-electron chi connectivity index (χ0n) is 10.1. The molecule has 1 heterocycles. The van der Waals surface area contributed by atoms with Gasteiger partial charge < -0.3 is 10.1 Å². The third kappa shape index (κ3) is 3.34. The summed E-state index contributed by atoms with van der Waals surface area (Å²) in [5.41, 5.74) is 1.80. The van der Waals surface area contributed by atoms with Crippen LogP contribution in [-0.4, -0.2) is 24.7 Å². The summed E-state index contributed by atoms with van der Waals surface area (Å²) in [6.45, 7) is 9.36. The van der Waals surface area contributed by atoms with Gasteiger partial charge in [-0.3, -0.25) is 4.79 Å². The molecule has 15 heavy (non-hydrogen) atoms. The Morgan fingerprint density at radius 3 is 2.20 bits per heavy atom. The quantitative estimate of drug-likeness (QED) is 0.710. The summed E-state index contributed by atoms with van der Waals surface area (Å²) >= 11 is 0. The first-order valence-electron chi connectivity index (χ1n) is 5.49. The smallest absolute Gasteiger partial charge is 0.247 e. The molecule has 1 fully saturated rings. The number of nitrogens with one attached hydrogen (secondary N) is 1. The van der Waals surface area contributed by atoms with E-state index in [1.165, 1.54) is 0 Å². The number of allylic oxidation sites excluding steroid dienone is 1. The van der Waals surface area contributed by atoms with Gasteiger partial charge in [0.15, 0.2) is 0 Å². The van der Waals surface area contributed by atoms with Crippen molar-refractivity contribution in [2.45, 2.75) is 46.1 Å². The number of hydrogen-bond donors (Lipinski definition) is 1. The Hall–Kier alpha value is -0.830. The molecule has 1 N–H and O–H groups in total. The van der Waals surface area contributed by atoms with Gasteiger partial charge in [0.2, 0.25) is 5.91 Å². The lowest BCUT2D eigenvalue weighted by Crippen LogP contribution is -2.49. The summed E-state index contributed by atoms with van der Waals surface area (Å²) < 4.78 is 5.29. The molecule has 86 valence electrons. The van der Waals surface area contributed by atoms with E-state index in [-0.39, 0.29) is 11.4 Å². The molecule has 0 aliphatic carbocycles. The largest absolute Gasteiger partial charge is 0.381 e. The van der Waals surface area contributed by atoms with Crippen LogP contribution in [0.3, 0.4) is 0 Å². The van der Waals surface area contributed by atoms with Gasteiger partial charge in [-0.1, -0.05) is 5.57 Å². The third-order valence-corrected chi connectivity index (χ3v) is 3.10. The fraction of sp³-hybridized carbons (Fsp3) is 0.750. The van der Waals surface area contributed by atoms with Crippen molar-refractivity contribution >= 4 is 5.91 Å². The molecule has 0 unspecified atom stereocenters. The average Bonchev–Trinajstić information content (AvgIpc) is 2.16. The normalized spacial score (nSPS) is 19.5. The van der Waals surface area contributed by atoms with E-state index in [0.29, 0.717) is 0 Å². The average molecular weight is 211 g/mol. The Balaban J connectivity index is 2.61. The highest BCUT2D eigenvalue weighted by atomic mass is 16.5. The van der Waals surface area contributed by atoms with Gasteiger partial charge in [0.25, 0.3) is 0 Å². The Morgan fingerprint density at radius 2 is 1.73 bits per heavy atom. The van der Waals surface area contributed by atoms with Gasteiger partial charge in [-0.15, -0.1) is 0 Å². The standard InChI is InChI=1S/C12H21NO2/c1-9(2)10(3)11(14)13-12(4)5-7-15-8-6-12/h5-8H2,1-4H3,(H,13,14). The number of ether oxygens (including phenoxy) is 1. The molecule has 0 aromatic carbocycles. The van der Waals surface area contributed by atoms with E-state index in [1.54, 1.807) is 0 Å². The summed E-state index contributed by atoms with van der Waals surface area (Å²) in [5, 5.41) is 3.10. The first-order valence-corrected chi connectivity index (χ1v) is 5.49. The number of amides is 1. The molecule has 0 aromatic rings. The number of carbonyl (C=O) groups excluding carboxylic acids is 1. The van der Waals surface area contributed by atoms with Crippen molar-refractivity contribution in [2.24, 2.45) is 0 Å². The summed E-state index contributed by atoms with van der Waals surface area (Å²) in [4.78, 5) is 11.8. The van der Waals surface area contributed by atoms with Gasteiger partial charge in [0.05, 0.1) is 0 Å². The molecular formula is C12H21NO2. The van der Waals surface area contributed by atoms with Crippen LogP contribution in [0.1, 0.15) is 40.5 Å². The fourth-order valence-electron chi connectivity index (χ4n) is 1.54. The highest BCUT2D eigenvalue weighted by Crippen LogP contribution is 2.20. The van der Waals surface area contributed by atoms with Crippen LogP contribution in [0.2, 0.25) is 0 Å². The maximum Gasteiger partial charge on any atom is 0.247 e. The fourth-order valence-corrected chi connectivity index (χ4v) is 1.54. The lowest BCUT2D eigenvalue weighted by molar-refractivity contribution is -0.120. The first kappa shape index (κ1) is 12.2. The molecular weight excluding hydrogens is 190 g/mol. The second-order valence-electron chi connectivity index (χ2n) is 4.75. The highest BCUT2D eigenvalue weighted by Gasteiger charge is 2.29. The Labute approximate surface area is 91.9 Å². The van der Waals surface area contributed by atoms with E-state index < -0.39 is 0 Å². The predicted molar refractivity (Wildman–Crippen MR) is 60.6 cm³/mol. The highest BCUT2D eigenvalue weighted by molar-refractivity contribution is 5.93. The van der Waals surface area contributed by atoms with Gasteiger partial charge in [-0.25, -0.2) is 0 Å². The second-order valence-corrected chi connectivity index (χ2v) is 4.75. The number of hydrogen-bond acceptors (Lipinski definition) is 2. The lowest BCUT2D eigenvalue weighted by Gasteiger charge is -2.34. The van der Waals surface area contributed by atoms with Gasteiger partial charge in [0, 0.05) is 24.3 Å². The molecule has 0 radical (unpaired) electrons. The molecule has 1 saturated heterocycles. The predicted octanol–water partition coefficient (Wildman–Crippen LogP) is 2.03. The van der Waals surface area contributed by atoms with Crippen LogP contribution in [0.15, 0.2) is 11.1 Å². The molecule has 0 bridgehead atoms. The van der Waals surface area contributed by atoms with Crippen molar-refractivity contribution in [3.8, 4) is 0 Å². The SMILES string of the molecule is CC(C)=C(C)C(=O)NC1(C)CCOCC1. The van der Waals surface area contributed by atoms with Crippen LogP contribution in [0.5, 0.6) is 0 Å². The molecule has 0 atom stereocenters. The van der Waals surface area contributed by atoms with Crippen LogP contribution in [0, 0.1) is 0 Å². The summed E-state index contributed by atoms with van der Waals surface area (Å²) in [6.07, 6.45) is 1.80. The molecule has 0 spiro atoms. The summed E-state index contributed by atoms with van der Waals surface area (Å²) in [5.74, 6) is 0.0550. The van der Waals surface area contributed by atoms with E-state index >= 15 is 0 Å². The van der Waals surface area contributed by atoms with Gasteiger partial charge in [-0.2, -0.15) is 0 Å². The zero-order chi connectivity index (χ0) is 11.5. The molecule has 0 saturated carbocycles. The number of carbonyl (C=O) groups is 1. The molecule has 0 aromatic heterocycles. The topological polar surface area (TPSA) is 38.3 Å². The van der Waals surface area contributed by atoms with Crippen LogP contribution >= 0.6 is 0 Å². The van der Waals surface area contributed by atoms with Crippen molar-refractivity contribution in [1.82, 2.24) is 5.32 Å². The lowest BCUT2D eigenvalue weighted by atomic mass is 9.92. The van der Waals surface area contributed by atoms with Gasteiger partial charge >= 0.3 is 0 Å². The minimum atomic E-state index is -0.0912. The Morgan fingerprint density at radius 1 is 1.20 bits per heavy atom. The van der Waals surface area contributed by atoms with Crippen molar-refractivity contribution in [2.75, 3.05) is 13.2 Å². The van der Waals surface area contributed by atoms with Crippen LogP contribution in [-0.2, 0) is 9.53 Å². The Bertz CT molecular complexity index is 271. The maximum atomic E-state index is 11.8. The number of rotatable bonds is 2. The molecule has 1 rings (SSSR count). The summed E-state index contributed by atoms with van der Waals surface area (Å²) in [7, 11) is 0. The van der Waals surface area contributed by atoms with Crippen molar-refractivity contribution < 1.29 is 9.53 Å².